The summed E-state index contributed by atoms with van der Waals surface area (Å²) in [4.78, 5) is 27.8. The molecular formula is C27H33NO5. The number of methoxy groups -OCH3 is 2. The zero-order valence-corrected chi connectivity index (χ0v) is 20.3. The Morgan fingerprint density at radius 1 is 1.09 bits per heavy atom. The van der Waals surface area contributed by atoms with Gasteiger partial charge in [0.1, 0.15) is 11.5 Å². The van der Waals surface area contributed by atoms with Gasteiger partial charge < -0.3 is 19.5 Å². The van der Waals surface area contributed by atoms with Gasteiger partial charge in [-0.25, -0.2) is 0 Å². The molecule has 1 atom stereocenters. The number of ether oxygens (including phenoxy) is 2. The van der Waals surface area contributed by atoms with E-state index in [1.54, 1.807) is 13.2 Å². The van der Waals surface area contributed by atoms with Crippen LogP contribution in [0.3, 0.4) is 0 Å². The van der Waals surface area contributed by atoms with E-state index in [-0.39, 0.29) is 16.7 Å². The summed E-state index contributed by atoms with van der Waals surface area (Å²) in [6, 6.07) is 12.5. The van der Waals surface area contributed by atoms with Crippen molar-refractivity contribution in [3.05, 3.63) is 70.3 Å². The van der Waals surface area contributed by atoms with Crippen molar-refractivity contribution in [2.75, 3.05) is 27.4 Å². The average molecular weight is 452 g/mol. The van der Waals surface area contributed by atoms with Gasteiger partial charge in [-0.05, 0) is 42.0 Å². The summed E-state index contributed by atoms with van der Waals surface area (Å²) in [6.45, 7) is 8.97. The van der Waals surface area contributed by atoms with Gasteiger partial charge in [-0.1, -0.05) is 56.7 Å². The van der Waals surface area contributed by atoms with Crippen LogP contribution in [-0.4, -0.2) is 49.1 Å². The molecule has 176 valence electrons. The minimum atomic E-state index is -0.695. The van der Waals surface area contributed by atoms with Crippen molar-refractivity contribution in [3.8, 4) is 5.75 Å². The molecule has 2 aromatic rings. The van der Waals surface area contributed by atoms with E-state index in [0.717, 1.165) is 16.7 Å². The predicted octanol–water partition coefficient (Wildman–Crippen LogP) is 4.76. The molecule has 1 saturated heterocycles. The van der Waals surface area contributed by atoms with Crippen molar-refractivity contribution >= 4 is 17.4 Å². The molecule has 0 saturated carbocycles. The second-order valence-electron chi connectivity index (χ2n) is 9.42. The molecule has 6 nitrogen and oxygen atoms in total. The number of carbonyl (C=O) groups is 2. The number of carbonyl (C=O) groups excluding carboxylic acids is 2. The highest BCUT2D eigenvalue weighted by molar-refractivity contribution is 6.46. The Morgan fingerprint density at radius 3 is 2.42 bits per heavy atom. The third kappa shape index (κ3) is 4.96. The van der Waals surface area contributed by atoms with E-state index in [1.807, 2.05) is 43.3 Å². The number of aliphatic hydroxyl groups excluding tert-OH is 1. The Morgan fingerprint density at radius 2 is 1.82 bits per heavy atom. The highest BCUT2D eigenvalue weighted by Crippen LogP contribution is 2.42. The first kappa shape index (κ1) is 24.5. The van der Waals surface area contributed by atoms with Crippen LogP contribution in [0.15, 0.2) is 48.0 Å². The van der Waals surface area contributed by atoms with Gasteiger partial charge in [-0.2, -0.15) is 0 Å². The van der Waals surface area contributed by atoms with Crippen LogP contribution in [-0.2, 0) is 19.7 Å². The minimum Gasteiger partial charge on any atom is -0.507 e. The summed E-state index contributed by atoms with van der Waals surface area (Å²) in [5.74, 6) is -1.10. The van der Waals surface area contributed by atoms with Crippen LogP contribution in [0, 0.1) is 6.92 Å². The van der Waals surface area contributed by atoms with Gasteiger partial charge in [-0.3, -0.25) is 9.59 Å². The molecule has 1 amide bonds. The number of Topliss-reactive ketones (excluding diaryl/α,β-unsaturated/α-hetero) is 1. The maximum Gasteiger partial charge on any atom is 0.295 e. The molecule has 0 spiro atoms. The average Bonchev–Trinajstić information content (AvgIpc) is 3.02. The monoisotopic (exact) mass is 451 g/mol. The van der Waals surface area contributed by atoms with Gasteiger partial charge in [0.15, 0.2) is 0 Å². The van der Waals surface area contributed by atoms with Crippen molar-refractivity contribution < 1.29 is 24.2 Å². The van der Waals surface area contributed by atoms with Crippen LogP contribution in [0.4, 0.5) is 0 Å². The zero-order chi connectivity index (χ0) is 24.3. The first-order valence-electron chi connectivity index (χ1n) is 11.1. The summed E-state index contributed by atoms with van der Waals surface area (Å²) < 4.78 is 10.6. The molecule has 1 aliphatic heterocycles. The molecule has 6 heteroatoms. The number of rotatable bonds is 7. The van der Waals surface area contributed by atoms with Gasteiger partial charge in [-0.15, -0.1) is 0 Å². The Bertz CT molecular complexity index is 1080. The van der Waals surface area contributed by atoms with Crippen molar-refractivity contribution in [2.45, 2.75) is 45.6 Å². The SMILES string of the molecule is COCCCN1C(=O)C(=O)/C(=C(/O)c2cc(C(C)(C)C)ccc2OC)C1c1cccc(C)c1. The van der Waals surface area contributed by atoms with Gasteiger partial charge in [0.05, 0.1) is 24.3 Å². The highest BCUT2D eigenvalue weighted by Gasteiger charge is 2.46. The number of benzene rings is 2. The largest absolute Gasteiger partial charge is 0.507 e. The molecule has 1 unspecified atom stereocenters. The van der Waals surface area contributed by atoms with Crippen LogP contribution in [0.1, 0.15) is 55.5 Å². The number of nitrogens with zero attached hydrogens (tertiary/aromatic N) is 1. The standard InChI is InChI=1S/C27H33NO5/c1-17-9-7-10-18(15-17)23-22(25(30)26(31)28(23)13-8-14-32-5)24(29)20-16-19(27(2,3)4)11-12-21(20)33-6/h7,9-12,15-16,23,29H,8,13-14H2,1-6H3/b24-22+. The van der Waals surface area contributed by atoms with E-state index in [9.17, 15) is 14.7 Å². The molecular weight excluding hydrogens is 418 g/mol. The molecule has 0 bridgehead atoms. The third-order valence-electron chi connectivity index (χ3n) is 5.97. The minimum absolute atomic E-state index is 0.0763. The van der Waals surface area contributed by atoms with E-state index >= 15 is 0 Å². The van der Waals surface area contributed by atoms with Crippen molar-refractivity contribution in [2.24, 2.45) is 0 Å². The Hall–Kier alpha value is -3.12. The zero-order valence-electron chi connectivity index (χ0n) is 20.3. The lowest BCUT2D eigenvalue weighted by Crippen LogP contribution is -2.31. The maximum atomic E-state index is 13.2. The van der Waals surface area contributed by atoms with Crippen LogP contribution in [0.25, 0.3) is 5.76 Å². The van der Waals surface area contributed by atoms with Crippen molar-refractivity contribution in [1.82, 2.24) is 4.90 Å². The fourth-order valence-electron chi connectivity index (χ4n) is 4.18. The topological polar surface area (TPSA) is 76.1 Å². The van der Waals surface area contributed by atoms with Crippen molar-refractivity contribution in [3.63, 3.8) is 0 Å². The first-order chi connectivity index (χ1) is 15.6. The smallest absolute Gasteiger partial charge is 0.295 e. The molecule has 1 heterocycles. The van der Waals surface area contributed by atoms with Gasteiger partial charge in [0.2, 0.25) is 0 Å². The van der Waals surface area contributed by atoms with E-state index in [2.05, 4.69) is 20.8 Å². The molecule has 1 N–H and O–H groups in total. The van der Waals surface area contributed by atoms with Crippen LogP contribution in [0.2, 0.25) is 0 Å². The molecule has 1 fully saturated rings. The van der Waals surface area contributed by atoms with Crippen LogP contribution < -0.4 is 4.74 Å². The molecule has 3 rings (SSSR count). The number of hydrogen-bond donors (Lipinski definition) is 1. The lowest BCUT2D eigenvalue weighted by molar-refractivity contribution is -0.140. The quantitative estimate of drug-likeness (QED) is 0.284. The summed E-state index contributed by atoms with van der Waals surface area (Å²) in [5, 5.41) is 11.5. The summed E-state index contributed by atoms with van der Waals surface area (Å²) in [5.41, 5.74) is 3.06. The van der Waals surface area contributed by atoms with Gasteiger partial charge in [0, 0.05) is 20.3 Å². The van der Waals surface area contributed by atoms with E-state index in [0.29, 0.717) is 30.9 Å². The third-order valence-corrected chi connectivity index (χ3v) is 5.97. The molecule has 2 aromatic carbocycles. The number of hydrogen-bond acceptors (Lipinski definition) is 5. The molecule has 1 aliphatic rings. The summed E-state index contributed by atoms with van der Waals surface area (Å²) in [6.07, 6.45) is 0.578. The number of likely N-dealkylation sites (tertiary alicyclic amines) is 1. The van der Waals surface area contributed by atoms with Crippen molar-refractivity contribution in [1.29, 1.82) is 0 Å². The number of amides is 1. The molecule has 0 radical (unpaired) electrons. The fourth-order valence-corrected chi connectivity index (χ4v) is 4.18. The lowest BCUT2D eigenvalue weighted by atomic mass is 9.85. The first-order valence-corrected chi connectivity index (χ1v) is 11.1. The van der Waals surface area contributed by atoms with Crippen LogP contribution >= 0.6 is 0 Å². The van der Waals surface area contributed by atoms with E-state index < -0.39 is 17.7 Å². The maximum absolute atomic E-state index is 13.2. The predicted molar refractivity (Wildman–Crippen MR) is 128 cm³/mol. The second-order valence-corrected chi connectivity index (χ2v) is 9.42. The highest BCUT2D eigenvalue weighted by atomic mass is 16.5. The van der Waals surface area contributed by atoms with Gasteiger partial charge >= 0.3 is 0 Å². The molecule has 0 aliphatic carbocycles. The number of ketones is 1. The lowest BCUT2D eigenvalue weighted by Gasteiger charge is -2.26. The summed E-state index contributed by atoms with van der Waals surface area (Å²) >= 11 is 0. The number of aryl methyl sites for hydroxylation is 1. The van der Waals surface area contributed by atoms with Crippen LogP contribution in [0.5, 0.6) is 5.75 Å². The fraction of sp³-hybridized carbons (Fsp3) is 0.407. The second kappa shape index (κ2) is 9.79. The Labute approximate surface area is 195 Å². The number of aliphatic hydroxyl groups is 1. The van der Waals surface area contributed by atoms with E-state index in [1.165, 1.54) is 12.0 Å². The Balaban J connectivity index is 2.23. The van der Waals surface area contributed by atoms with E-state index in [4.69, 9.17) is 9.47 Å². The summed E-state index contributed by atoms with van der Waals surface area (Å²) in [7, 11) is 3.12. The molecule has 33 heavy (non-hydrogen) atoms. The normalized spacial score (nSPS) is 18.1. The molecule has 0 aromatic heterocycles. The Kier molecular flexibility index (Phi) is 7.28. The van der Waals surface area contributed by atoms with Gasteiger partial charge in [0.25, 0.3) is 11.7 Å².